The number of hydrogen-bond acceptors (Lipinski definition) is 5. The van der Waals surface area contributed by atoms with Gasteiger partial charge in [0.2, 0.25) is 0 Å². The Morgan fingerprint density at radius 3 is 2.33 bits per heavy atom. The van der Waals surface area contributed by atoms with Crippen molar-refractivity contribution in [1.29, 1.82) is 0 Å². The van der Waals surface area contributed by atoms with Crippen molar-refractivity contribution in [3.8, 4) is 5.75 Å². The maximum absolute atomic E-state index is 13.3. The van der Waals surface area contributed by atoms with Crippen LogP contribution in [0.3, 0.4) is 0 Å². The number of carboxylic acid groups (broad SMARTS) is 1. The summed E-state index contributed by atoms with van der Waals surface area (Å²) in [5, 5.41) is 31.6. The molecule has 0 heterocycles. The first-order chi connectivity index (χ1) is 21.1. The van der Waals surface area contributed by atoms with Crippen LogP contribution in [0, 0.1) is 56.7 Å². The van der Waals surface area contributed by atoms with Crippen molar-refractivity contribution in [2.45, 2.75) is 105 Å². The Morgan fingerprint density at radius 2 is 1.64 bits per heavy atom. The number of aliphatic carboxylic acids is 1. The van der Waals surface area contributed by atoms with Gasteiger partial charge >= 0.3 is 11.9 Å². The van der Waals surface area contributed by atoms with Gasteiger partial charge in [-0.1, -0.05) is 65.3 Å². The lowest BCUT2D eigenvalue weighted by Gasteiger charge is -2.71. The predicted molar refractivity (Wildman–Crippen MR) is 175 cm³/mol. The third kappa shape index (κ3) is 4.66. The molecule has 0 saturated heterocycles. The molecular formula is C39H54O6. The van der Waals surface area contributed by atoms with Crippen LogP contribution in [0.15, 0.2) is 42.0 Å². The van der Waals surface area contributed by atoms with Crippen molar-refractivity contribution in [3.63, 3.8) is 0 Å². The number of esters is 1. The van der Waals surface area contributed by atoms with Gasteiger partial charge in [0.15, 0.2) is 0 Å². The molecule has 0 aliphatic heterocycles. The highest BCUT2D eigenvalue weighted by molar-refractivity contribution is 5.87. The van der Waals surface area contributed by atoms with Crippen molar-refractivity contribution >= 4 is 18.0 Å². The zero-order chi connectivity index (χ0) is 32.6. The van der Waals surface area contributed by atoms with Gasteiger partial charge in [-0.15, -0.1) is 0 Å². The number of aliphatic hydroxyl groups excluding tert-OH is 1. The highest BCUT2D eigenvalue weighted by Crippen LogP contribution is 2.76. The second-order valence-electron chi connectivity index (χ2n) is 16.8. The summed E-state index contributed by atoms with van der Waals surface area (Å²) in [7, 11) is 0. The molecule has 4 saturated carbocycles. The molecule has 0 radical (unpaired) electrons. The van der Waals surface area contributed by atoms with E-state index in [0.717, 1.165) is 44.1 Å². The normalized spacial score (nSPS) is 43.7. The Hall–Kier alpha value is -2.60. The third-order valence-corrected chi connectivity index (χ3v) is 14.8. The molecule has 246 valence electrons. The first-order valence-electron chi connectivity index (χ1n) is 17.4. The summed E-state index contributed by atoms with van der Waals surface area (Å²) >= 11 is 0. The highest BCUT2D eigenvalue weighted by Gasteiger charge is 2.71. The molecule has 5 aliphatic rings. The van der Waals surface area contributed by atoms with Crippen LogP contribution >= 0.6 is 0 Å². The number of rotatable bonds is 5. The average molecular weight is 619 g/mol. The molecule has 0 aromatic heterocycles. The lowest BCUT2D eigenvalue weighted by molar-refractivity contribution is -0.218. The van der Waals surface area contributed by atoms with E-state index in [9.17, 15) is 24.9 Å². The molecule has 6 heteroatoms. The van der Waals surface area contributed by atoms with Crippen molar-refractivity contribution < 1.29 is 29.6 Å². The summed E-state index contributed by atoms with van der Waals surface area (Å²) in [6, 6.07) is 6.70. The zero-order valence-electron chi connectivity index (χ0n) is 28.1. The molecule has 0 amide bonds. The largest absolute Gasteiger partial charge is 0.508 e. The number of hydrogen-bond donors (Lipinski definition) is 3. The second kappa shape index (κ2) is 11.0. The van der Waals surface area contributed by atoms with Gasteiger partial charge in [0.1, 0.15) is 12.4 Å². The van der Waals surface area contributed by atoms with Crippen LogP contribution in [-0.4, -0.2) is 40.0 Å². The zero-order valence-corrected chi connectivity index (χ0v) is 28.1. The number of allylic oxidation sites excluding steroid dienone is 1. The number of aliphatic hydroxyl groups is 1. The minimum Gasteiger partial charge on any atom is -0.508 e. The fourth-order valence-corrected chi connectivity index (χ4v) is 12.0. The van der Waals surface area contributed by atoms with Gasteiger partial charge in [-0.25, -0.2) is 4.79 Å². The first-order valence-corrected chi connectivity index (χ1v) is 17.4. The maximum Gasteiger partial charge on any atom is 0.330 e. The van der Waals surface area contributed by atoms with Crippen LogP contribution in [0.5, 0.6) is 5.75 Å². The van der Waals surface area contributed by atoms with E-state index in [-0.39, 0.29) is 46.5 Å². The fraction of sp³-hybridized carbons (Fsp3) is 0.692. The number of carbonyl (C=O) groups is 2. The number of phenols is 1. The smallest absolute Gasteiger partial charge is 0.330 e. The number of aromatic hydroxyl groups is 1. The summed E-state index contributed by atoms with van der Waals surface area (Å²) in [6.45, 7) is 14.2. The number of phenolic OH excluding ortho intramolecular Hbond substituents is 1. The second-order valence-corrected chi connectivity index (χ2v) is 16.8. The molecule has 3 N–H and O–H groups in total. The highest BCUT2D eigenvalue weighted by atomic mass is 16.5. The lowest BCUT2D eigenvalue weighted by atomic mass is 9.33. The average Bonchev–Trinajstić information content (AvgIpc) is 2.99. The monoisotopic (exact) mass is 618 g/mol. The van der Waals surface area contributed by atoms with Gasteiger partial charge in [-0.05, 0) is 127 Å². The summed E-state index contributed by atoms with van der Waals surface area (Å²) in [5.41, 5.74) is 0.520. The molecular weight excluding hydrogens is 564 g/mol. The Bertz CT molecular complexity index is 1390. The molecule has 45 heavy (non-hydrogen) atoms. The van der Waals surface area contributed by atoms with E-state index < -0.39 is 22.8 Å². The van der Waals surface area contributed by atoms with E-state index in [0.29, 0.717) is 37.0 Å². The third-order valence-electron chi connectivity index (χ3n) is 14.8. The minimum atomic E-state index is -0.773. The molecule has 6 nitrogen and oxygen atoms in total. The number of carboxylic acids is 1. The molecule has 5 aliphatic carbocycles. The van der Waals surface area contributed by atoms with E-state index in [4.69, 9.17) is 4.74 Å². The maximum atomic E-state index is 13.3. The van der Waals surface area contributed by atoms with E-state index in [1.54, 1.807) is 30.3 Å². The van der Waals surface area contributed by atoms with Crippen LogP contribution in [0.25, 0.3) is 6.08 Å². The molecule has 0 bridgehead atoms. The standard InChI is InChI=1S/C39H54O6/c1-24-15-20-38(34(43)44)21-22-39(23-45-32(42)14-9-26-7-10-27(40)11-8-26)28(33(38)25(24)2)12-13-30-36(5)18-17-31(41)35(3,4)29(36)16-19-37(30,39)6/h7-12,14,24-25,29-31,33,40-41H,13,15-23H2,1-6H3,(H,43,44)/b14-9+/t24-,25+,29?,30?,31+,33+,36+,37-,38+,39?/m1/s1. The van der Waals surface area contributed by atoms with Crippen LogP contribution in [-0.2, 0) is 14.3 Å². The fourth-order valence-electron chi connectivity index (χ4n) is 12.0. The van der Waals surface area contributed by atoms with Crippen LogP contribution in [0.1, 0.15) is 105 Å². The topological polar surface area (TPSA) is 104 Å². The van der Waals surface area contributed by atoms with Crippen LogP contribution in [0.4, 0.5) is 0 Å². The van der Waals surface area contributed by atoms with Gasteiger partial charge in [0, 0.05) is 11.5 Å². The van der Waals surface area contributed by atoms with Crippen molar-refractivity contribution in [2.24, 2.45) is 56.7 Å². The number of benzene rings is 1. The quantitative estimate of drug-likeness (QED) is 0.175. The number of carbonyl (C=O) groups excluding carboxylic acids is 1. The van der Waals surface area contributed by atoms with Gasteiger partial charge < -0.3 is 20.1 Å². The molecule has 6 rings (SSSR count). The van der Waals surface area contributed by atoms with E-state index >= 15 is 0 Å². The molecule has 1 aromatic rings. The summed E-state index contributed by atoms with van der Waals surface area (Å²) in [4.78, 5) is 26.5. The summed E-state index contributed by atoms with van der Waals surface area (Å²) < 4.78 is 6.26. The Labute approximate surface area is 269 Å². The Morgan fingerprint density at radius 1 is 0.933 bits per heavy atom. The van der Waals surface area contributed by atoms with E-state index in [1.807, 2.05) is 0 Å². The van der Waals surface area contributed by atoms with Crippen LogP contribution in [0.2, 0.25) is 0 Å². The van der Waals surface area contributed by atoms with Crippen molar-refractivity contribution in [2.75, 3.05) is 6.61 Å². The summed E-state index contributed by atoms with van der Waals surface area (Å²) in [5.74, 6) is 0.422. The SMILES string of the molecule is C[C@H]1[C@H](C)CC[C@]2(C(=O)O)CCC3(COC(=O)/C=C/c4ccc(O)cc4)C(=CCC4[C@@]5(C)CC[C@H](O)C(C)(C)C5CC[C@]43C)[C@H]12. The van der Waals surface area contributed by atoms with Crippen molar-refractivity contribution in [1.82, 2.24) is 0 Å². The van der Waals surface area contributed by atoms with Crippen molar-refractivity contribution in [3.05, 3.63) is 47.6 Å². The molecule has 10 atom stereocenters. The van der Waals surface area contributed by atoms with Gasteiger partial charge in [0.05, 0.1) is 11.5 Å². The molecule has 0 spiro atoms. The Balaban J connectivity index is 1.42. The predicted octanol–water partition coefficient (Wildman–Crippen LogP) is 8.03. The summed E-state index contributed by atoms with van der Waals surface area (Å²) in [6.07, 6.45) is 12.9. The molecule has 1 aromatic carbocycles. The molecule has 3 unspecified atom stereocenters. The van der Waals surface area contributed by atoms with E-state index in [2.05, 4.69) is 47.6 Å². The number of fused-ring (bicyclic) bond motifs is 7. The minimum absolute atomic E-state index is 0.0281. The molecule has 4 fully saturated rings. The van der Waals surface area contributed by atoms with Gasteiger partial charge in [-0.2, -0.15) is 0 Å². The lowest BCUT2D eigenvalue weighted by Crippen LogP contribution is -2.67. The van der Waals surface area contributed by atoms with Gasteiger partial charge in [-0.3, -0.25) is 4.79 Å². The first kappa shape index (κ1) is 32.3. The van der Waals surface area contributed by atoms with Crippen LogP contribution < -0.4 is 0 Å². The number of ether oxygens (including phenoxy) is 1. The Kier molecular flexibility index (Phi) is 7.90. The van der Waals surface area contributed by atoms with E-state index in [1.165, 1.54) is 11.6 Å². The van der Waals surface area contributed by atoms with Gasteiger partial charge in [0.25, 0.3) is 0 Å².